The average Bonchev–Trinajstić information content (AvgIpc) is 2.64. The Kier molecular flexibility index (Phi) is 25.6. The van der Waals surface area contributed by atoms with Crippen LogP contribution in [-0.2, 0) is 10.1 Å². The molecule has 170 valence electrons. The molecule has 2 unspecified atom stereocenters. The first kappa shape index (κ1) is 32.7. The first-order valence-electron chi connectivity index (χ1n) is 12.0. The second kappa shape index (κ2) is 22.7. The molecule has 0 rings (SSSR count). The third-order valence-electron chi connectivity index (χ3n) is 5.74. The van der Waals surface area contributed by atoms with E-state index in [1.807, 2.05) is 0 Å². The molecule has 0 aromatic heterocycles. The average molecular weight is 459 g/mol. The quantitative estimate of drug-likeness (QED) is 0.162. The van der Waals surface area contributed by atoms with E-state index in [1.165, 1.54) is 32.1 Å². The van der Waals surface area contributed by atoms with E-state index in [0.29, 0.717) is 12.8 Å². The summed E-state index contributed by atoms with van der Waals surface area (Å²) < 4.78 is 34.4. The van der Waals surface area contributed by atoms with Gasteiger partial charge in [-0.25, -0.2) is 8.42 Å². The van der Waals surface area contributed by atoms with Crippen LogP contribution in [0.15, 0.2) is 0 Å². The minimum atomic E-state index is -4.16. The summed E-state index contributed by atoms with van der Waals surface area (Å²) in [4.78, 5) is 0. The van der Waals surface area contributed by atoms with Crippen molar-refractivity contribution >= 4 is 10.1 Å². The van der Waals surface area contributed by atoms with Crippen molar-refractivity contribution in [3.63, 3.8) is 0 Å². The van der Waals surface area contributed by atoms with Gasteiger partial charge in [-0.1, -0.05) is 110 Å². The van der Waals surface area contributed by atoms with Crippen molar-refractivity contribution in [3.8, 4) is 0 Å². The minimum Gasteiger partial charge on any atom is -0.748 e. The molecular weight excluding hydrogens is 411 g/mol. The molecule has 0 radical (unpaired) electrons. The van der Waals surface area contributed by atoms with Crippen molar-refractivity contribution in [2.75, 3.05) is 0 Å². The zero-order valence-electron chi connectivity index (χ0n) is 19.7. The Morgan fingerprint density at radius 2 is 0.966 bits per heavy atom. The van der Waals surface area contributed by atoms with Crippen LogP contribution in [0.1, 0.15) is 136 Å². The van der Waals surface area contributed by atoms with Crippen molar-refractivity contribution < 1.29 is 69.5 Å². The van der Waals surface area contributed by atoms with Gasteiger partial charge in [0.15, 0.2) is 0 Å². The van der Waals surface area contributed by atoms with Crippen molar-refractivity contribution in [2.24, 2.45) is 0 Å². The Morgan fingerprint density at radius 3 is 1.38 bits per heavy atom. The van der Waals surface area contributed by atoms with Gasteiger partial charge in [-0.05, 0) is 25.7 Å². The number of hydrogen-bond donors (Lipinski definition) is 1. The topological polar surface area (TPSA) is 77.4 Å². The third-order valence-corrected chi connectivity index (χ3v) is 7.03. The number of aliphatic hydroxyl groups excluding tert-OH is 1. The molecule has 0 aliphatic rings. The van der Waals surface area contributed by atoms with Crippen molar-refractivity contribution in [2.45, 2.75) is 147 Å². The minimum absolute atomic E-state index is 0. The fourth-order valence-corrected chi connectivity index (χ4v) is 4.72. The Bertz CT molecular complexity index is 429. The first-order valence-corrected chi connectivity index (χ1v) is 13.5. The number of hydrogen-bond acceptors (Lipinski definition) is 4. The summed E-state index contributed by atoms with van der Waals surface area (Å²) in [6.45, 7) is 4.33. The maximum atomic E-state index is 11.5. The summed E-state index contributed by atoms with van der Waals surface area (Å²) in [5.74, 6) is 0. The summed E-state index contributed by atoms with van der Waals surface area (Å²) in [6.07, 6.45) is 19.3. The molecule has 0 aromatic rings. The molecule has 4 nitrogen and oxygen atoms in total. The summed E-state index contributed by atoms with van der Waals surface area (Å²) in [5, 5.41) is 9.13. The molecule has 0 saturated carbocycles. The molecule has 0 aromatic carbocycles. The molecule has 6 heteroatoms. The molecule has 0 saturated heterocycles. The van der Waals surface area contributed by atoms with Crippen molar-refractivity contribution in [1.29, 1.82) is 0 Å². The molecule has 0 fully saturated rings. The number of aliphatic hydroxyl groups is 1. The van der Waals surface area contributed by atoms with E-state index in [4.69, 9.17) is 0 Å². The van der Waals surface area contributed by atoms with Crippen LogP contribution in [0.25, 0.3) is 0 Å². The van der Waals surface area contributed by atoms with Gasteiger partial charge in [0.2, 0.25) is 0 Å². The van der Waals surface area contributed by atoms with Crippen LogP contribution in [0.4, 0.5) is 0 Å². The standard InChI is InChI=1S/C23H48O4S.K/c1-3-5-7-8-13-16-20-23(28(25,26)27)21-17-14-11-9-10-12-15-19-22(24)18-6-4-2;/h22-24H,3-21H2,1-2H3,(H,25,26,27);/q;+1/p-1. The maximum Gasteiger partial charge on any atom is 1.00 e. The Hall–Kier alpha value is 1.51. The van der Waals surface area contributed by atoms with E-state index < -0.39 is 15.4 Å². The largest absolute Gasteiger partial charge is 1.00 e. The van der Waals surface area contributed by atoms with E-state index in [0.717, 1.165) is 77.0 Å². The normalized spacial score (nSPS) is 13.8. The molecular formula is C23H47KO4S. The molecule has 0 bridgehead atoms. The molecule has 0 amide bonds. The summed E-state index contributed by atoms with van der Waals surface area (Å²) >= 11 is 0. The van der Waals surface area contributed by atoms with E-state index >= 15 is 0 Å². The number of rotatable bonds is 21. The van der Waals surface area contributed by atoms with Crippen LogP contribution in [0.2, 0.25) is 0 Å². The SMILES string of the molecule is CCCCCCCCC(CCCCCCCCCC(O)CCCC)S(=O)(=O)[O-].[K+]. The fourth-order valence-electron chi connectivity index (χ4n) is 3.81. The Morgan fingerprint density at radius 1 is 0.621 bits per heavy atom. The monoisotopic (exact) mass is 458 g/mol. The maximum absolute atomic E-state index is 11.5. The third kappa shape index (κ3) is 22.5. The predicted molar refractivity (Wildman–Crippen MR) is 119 cm³/mol. The smallest absolute Gasteiger partial charge is 0.748 e. The van der Waals surface area contributed by atoms with Gasteiger partial charge >= 0.3 is 51.4 Å². The van der Waals surface area contributed by atoms with Gasteiger partial charge in [-0.15, -0.1) is 0 Å². The number of unbranched alkanes of at least 4 members (excludes halogenated alkanes) is 12. The van der Waals surface area contributed by atoms with Gasteiger partial charge < -0.3 is 9.66 Å². The van der Waals surface area contributed by atoms with Crippen LogP contribution in [0, 0.1) is 0 Å². The van der Waals surface area contributed by atoms with Crippen LogP contribution in [0.3, 0.4) is 0 Å². The Balaban J connectivity index is 0. The van der Waals surface area contributed by atoms with Gasteiger partial charge in [-0.3, -0.25) is 0 Å². The van der Waals surface area contributed by atoms with E-state index in [1.54, 1.807) is 0 Å². The summed E-state index contributed by atoms with van der Waals surface area (Å²) in [7, 11) is -4.16. The van der Waals surface area contributed by atoms with Gasteiger partial charge in [0, 0.05) is 5.25 Å². The van der Waals surface area contributed by atoms with E-state index in [9.17, 15) is 18.1 Å². The molecule has 0 aliphatic carbocycles. The molecule has 29 heavy (non-hydrogen) atoms. The van der Waals surface area contributed by atoms with Crippen LogP contribution < -0.4 is 51.4 Å². The molecule has 2 atom stereocenters. The van der Waals surface area contributed by atoms with Gasteiger partial charge in [0.1, 0.15) is 0 Å². The van der Waals surface area contributed by atoms with Crippen LogP contribution in [-0.4, -0.2) is 29.4 Å². The molecule has 0 aliphatic heterocycles. The fraction of sp³-hybridized carbons (Fsp3) is 1.00. The van der Waals surface area contributed by atoms with Crippen molar-refractivity contribution in [1.82, 2.24) is 0 Å². The first-order chi connectivity index (χ1) is 13.4. The zero-order valence-corrected chi connectivity index (χ0v) is 23.6. The van der Waals surface area contributed by atoms with Crippen LogP contribution >= 0.6 is 0 Å². The van der Waals surface area contributed by atoms with Crippen LogP contribution in [0.5, 0.6) is 0 Å². The van der Waals surface area contributed by atoms with Crippen molar-refractivity contribution in [3.05, 3.63) is 0 Å². The van der Waals surface area contributed by atoms with Gasteiger partial charge in [0.25, 0.3) is 0 Å². The Labute approximate surface area is 224 Å². The zero-order chi connectivity index (χ0) is 21.1. The van der Waals surface area contributed by atoms with Gasteiger partial charge in [0.05, 0.1) is 16.2 Å². The predicted octanol–water partition coefficient (Wildman–Crippen LogP) is 3.72. The molecule has 0 spiro atoms. The molecule has 0 heterocycles. The van der Waals surface area contributed by atoms with E-state index in [-0.39, 0.29) is 57.5 Å². The second-order valence-corrected chi connectivity index (χ2v) is 10.2. The van der Waals surface area contributed by atoms with E-state index in [2.05, 4.69) is 13.8 Å². The second-order valence-electron chi connectivity index (χ2n) is 8.52. The summed E-state index contributed by atoms with van der Waals surface area (Å²) in [5.41, 5.74) is 0. The molecule has 1 N–H and O–H groups in total. The van der Waals surface area contributed by atoms with Gasteiger partial charge in [-0.2, -0.15) is 0 Å². The summed E-state index contributed by atoms with van der Waals surface area (Å²) in [6, 6.07) is 0.